The minimum Gasteiger partial charge on any atom is -0.207 e. The van der Waals surface area contributed by atoms with E-state index in [1.807, 2.05) is 10.2 Å². The van der Waals surface area contributed by atoms with Gasteiger partial charge in [0.2, 0.25) is 5.92 Å². The summed E-state index contributed by atoms with van der Waals surface area (Å²) in [6.45, 7) is 3.86. The Morgan fingerprint density at radius 3 is 2.79 bits per heavy atom. The standard InChI is InChI=1S/C11H15F2I/c1-9(5-7-14)2-3-10-4-6-11(12,13)8-10/h5,7,10H,1-4,6,8H2/b7-5-. The van der Waals surface area contributed by atoms with Crippen LogP contribution in [-0.2, 0) is 0 Å². The largest absolute Gasteiger partial charge is 0.248 e. The molecule has 0 saturated heterocycles. The van der Waals surface area contributed by atoms with E-state index in [1.54, 1.807) is 0 Å². The maximum atomic E-state index is 12.8. The van der Waals surface area contributed by atoms with Crippen LogP contribution in [0.25, 0.3) is 0 Å². The molecule has 0 aromatic rings. The summed E-state index contributed by atoms with van der Waals surface area (Å²) in [7, 11) is 0. The average Bonchev–Trinajstić information content (AvgIpc) is 2.43. The summed E-state index contributed by atoms with van der Waals surface area (Å²) in [6, 6.07) is 0. The van der Waals surface area contributed by atoms with Crippen LogP contribution in [0.4, 0.5) is 8.78 Å². The molecule has 1 atom stereocenters. The zero-order valence-corrected chi connectivity index (χ0v) is 10.3. The van der Waals surface area contributed by atoms with Crippen molar-refractivity contribution in [3.8, 4) is 0 Å². The highest BCUT2D eigenvalue weighted by molar-refractivity contribution is 14.1. The fourth-order valence-corrected chi connectivity index (χ4v) is 2.36. The Morgan fingerprint density at radius 1 is 1.57 bits per heavy atom. The molecular weight excluding hydrogens is 297 g/mol. The van der Waals surface area contributed by atoms with Gasteiger partial charge in [0.25, 0.3) is 0 Å². The van der Waals surface area contributed by atoms with Crippen LogP contribution in [0.2, 0.25) is 0 Å². The number of hydrogen-bond donors (Lipinski definition) is 0. The molecule has 0 nitrogen and oxygen atoms in total. The highest BCUT2D eigenvalue weighted by Crippen LogP contribution is 2.41. The number of allylic oxidation sites excluding steroid dienone is 2. The van der Waals surface area contributed by atoms with Crippen molar-refractivity contribution in [1.82, 2.24) is 0 Å². The molecule has 0 N–H and O–H groups in total. The molecule has 0 bridgehead atoms. The molecular formula is C11H15F2I. The molecule has 3 heteroatoms. The van der Waals surface area contributed by atoms with Crippen LogP contribution in [0.5, 0.6) is 0 Å². The Bertz CT molecular complexity index is 233. The van der Waals surface area contributed by atoms with Crippen LogP contribution in [0, 0.1) is 5.92 Å². The molecule has 80 valence electrons. The smallest absolute Gasteiger partial charge is 0.207 e. The summed E-state index contributed by atoms with van der Waals surface area (Å²) in [5.74, 6) is -2.20. The quantitative estimate of drug-likeness (QED) is 0.521. The SMILES string of the molecule is C=C(/C=C\I)CCC1CCC(F)(F)C1. The summed E-state index contributed by atoms with van der Waals surface area (Å²) < 4.78 is 27.6. The lowest BCUT2D eigenvalue weighted by molar-refractivity contribution is 0.00474. The second-order valence-corrected chi connectivity index (χ2v) is 4.67. The van der Waals surface area contributed by atoms with E-state index < -0.39 is 5.92 Å². The molecule has 1 aliphatic rings. The number of hydrogen-bond acceptors (Lipinski definition) is 0. The lowest BCUT2D eigenvalue weighted by Crippen LogP contribution is -2.09. The van der Waals surface area contributed by atoms with Gasteiger partial charge in [-0.05, 0) is 29.3 Å². The van der Waals surface area contributed by atoms with Crippen molar-refractivity contribution < 1.29 is 8.78 Å². The van der Waals surface area contributed by atoms with Crippen molar-refractivity contribution in [2.45, 2.75) is 38.0 Å². The summed E-state index contributed by atoms with van der Waals surface area (Å²) in [6.07, 6.45) is 4.47. The lowest BCUT2D eigenvalue weighted by atomic mass is 9.99. The first kappa shape index (κ1) is 12.1. The van der Waals surface area contributed by atoms with Gasteiger partial charge in [0, 0.05) is 12.8 Å². The van der Waals surface area contributed by atoms with Gasteiger partial charge < -0.3 is 0 Å². The topological polar surface area (TPSA) is 0 Å². The van der Waals surface area contributed by atoms with E-state index in [0.29, 0.717) is 6.42 Å². The second-order valence-electron chi connectivity index (χ2n) is 3.95. The van der Waals surface area contributed by atoms with Crippen LogP contribution in [0.15, 0.2) is 22.3 Å². The molecule has 0 radical (unpaired) electrons. The lowest BCUT2D eigenvalue weighted by Gasteiger charge is -2.10. The molecule has 14 heavy (non-hydrogen) atoms. The van der Waals surface area contributed by atoms with E-state index in [2.05, 4.69) is 29.2 Å². The second kappa shape index (κ2) is 5.24. The van der Waals surface area contributed by atoms with Crippen LogP contribution in [0.1, 0.15) is 32.1 Å². The van der Waals surface area contributed by atoms with Crippen LogP contribution in [-0.4, -0.2) is 5.92 Å². The van der Waals surface area contributed by atoms with Crippen LogP contribution >= 0.6 is 22.6 Å². The van der Waals surface area contributed by atoms with Crippen molar-refractivity contribution in [3.05, 3.63) is 22.3 Å². The maximum absolute atomic E-state index is 12.8. The summed E-state index contributed by atoms with van der Waals surface area (Å²) in [5, 5.41) is 0. The molecule has 0 aromatic heterocycles. The molecule has 0 spiro atoms. The summed E-state index contributed by atoms with van der Waals surface area (Å²) in [5.41, 5.74) is 1.04. The third-order valence-electron chi connectivity index (χ3n) is 2.68. The number of rotatable bonds is 4. The van der Waals surface area contributed by atoms with Crippen molar-refractivity contribution in [2.24, 2.45) is 5.92 Å². The van der Waals surface area contributed by atoms with Crippen molar-refractivity contribution in [2.75, 3.05) is 0 Å². The fourth-order valence-electron chi connectivity index (χ4n) is 1.85. The highest BCUT2D eigenvalue weighted by atomic mass is 127. The van der Waals surface area contributed by atoms with Gasteiger partial charge in [0.15, 0.2) is 0 Å². The van der Waals surface area contributed by atoms with Gasteiger partial charge in [0.1, 0.15) is 0 Å². The van der Waals surface area contributed by atoms with Crippen LogP contribution in [0.3, 0.4) is 0 Å². The van der Waals surface area contributed by atoms with E-state index in [-0.39, 0.29) is 18.8 Å². The van der Waals surface area contributed by atoms with Crippen molar-refractivity contribution in [3.63, 3.8) is 0 Å². The third kappa shape index (κ3) is 4.07. The average molecular weight is 312 g/mol. The normalized spacial score (nSPS) is 25.8. The van der Waals surface area contributed by atoms with Crippen molar-refractivity contribution in [1.29, 1.82) is 0 Å². The molecule has 0 aliphatic heterocycles. The van der Waals surface area contributed by atoms with E-state index in [4.69, 9.17) is 0 Å². The minimum atomic E-state index is -2.40. The highest BCUT2D eigenvalue weighted by Gasteiger charge is 2.38. The predicted molar refractivity (Wildman–Crippen MR) is 63.8 cm³/mol. The first-order chi connectivity index (χ1) is 6.53. The Balaban J connectivity index is 2.24. The van der Waals surface area contributed by atoms with Gasteiger partial charge in [-0.1, -0.05) is 40.8 Å². The molecule has 0 amide bonds. The van der Waals surface area contributed by atoms with Gasteiger partial charge >= 0.3 is 0 Å². The van der Waals surface area contributed by atoms with Gasteiger partial charge in [-0.15, -0.1) is 0 Å². The minimum absolute atomic E-state index is 0.0757. The van der Waals surface area contributed by atoms with Gasteiger partial charge in [-0.25, -0.2) is 8.78 Å². The van der Waals surface area contributed by atoms with Crippen molar-refractivity contribution >= 4 is 22.6 Å². The zero-order chi connectivity index (χ0) is 10.6. The Hall–Kier alpha value is 0.0700. The molecule has 1 rings (SSSR count). The Kier molecular flexibility index (Phi) is 4.54. The molecule has 0 aromatic carbocycles. The molecule has 0 heterocycles. The first-order valence-electron chi connectivity index (χ1n) is 4.86. The number of halogens is 3. The van der Waals surface area contributed by atoms with Crippen LogP contribution < -0.4 is 0 Å². The van der Waals surface area contributed by atoms with Gasteiger partial charge in [0.05, 0.1) is 0 Å². The van der Waals surface area contributed by atoms with Gasteiger partial charge in [-0.3, -0.25) is 0 Å². The van der Waals surface area contributed by atoms with E-state index in [1.165, 1.54) is 0 Å². The fraction of sp³-hybridized carbons (Fsp3) is 0.636. The molecule has 1 saturated carbocycles. The van der Waals surface area contributed by atoms with E-state index >= 15 is 0 Å². The Morgan fingerprint density at radius 2 is 2.29 bits per heavy atom. The third-order valence-corrected chi connectivity index (χ3v) is 3.04. The molecule has 1 fully saturated rings. The Labute approximate surface area is 97.6 Å². The number of alkyl halides is 2. The summed E-state index contributed by atoms with van der Waals surface area (Å²) in [4.78, 5) is 0. The predicted octanol–water partition coefficient (Wildman–Crippen LogP) is 4.71. The zero-order valence-electron chi connectivity index (χ0n) is 8.11. The van der Waals surface area contributed by atoms with Gasteiger partial charge in [-0.2, -0.15) is 0 Å². The monoisotopic (exact) mass is 312 g/mol. The maximum Gasteiger partial charge on any atom is 0.248 e. The molecule has 1 unspecified atom stereocenters. The first-order valence-corrected chi connectivity index (χ1v) is 6.10. The summed E-state index contributed by atoms with van der Waals surface area (Å²) >= 11 is 2.13. The van der Waals surface area contributed by atoms with E-state index in [9.17, 15) is 8.78 Å². The van der Waals surface area contributed by atoms with E-state index in [0.717, 1.165) is 18.4 Å². The molecule has 1 aliphatic carbocycles.